The van der Waals surface area contributed by atoms with Crippen molar-refractivity contribution >= 4 is 6.09 Å². The van der Waals surface area contributed by atoms with Gasteiger partial charge in [-0.25, -0.2) is 4.79 Å². The summed E-state index contributed by atoms with van der Waals surface area (Å²) in [5.74, 6) is 0. The van der Waals surface area contributed by atoms with E-state index in [9.17, 15) is 25.2 Å². The Bertz CT molecular complexity index is 711. The van der Waals surface area contributed by atoms with Gasteiger partial charge in [-0.15, -0.1) is 0 Å². The summed E-state index contributed by atoms with van der Waals surface area (Å²) < 4.78 is 22.9. The van der Waals surface area contributed by atoms with Crippen LogP contribution in [0.3, 0.4) is 0 Å². The first-order chi connectivity index (χ1) is 16.4. The second-order valence-electron chi connectivity index (χ2n) is 9.29. The van der Waals surface area contributed by atoms with Crippen LogP contribution in [0.2, 0.25) is 0 Å². The summed E-state index contributed by atoms with van der Waals surface area (Å²) in [7, 11) is 0. The highest BCUT2D eigenvalue weighted by atomic mass is 16.7. The monoisotopic (exact) mass is 510 g/mol. The van der Waals surface area contributed by atoms with Crippen LogP contribution in [0, 0.1) is 0 Å². The molecule has 16 N–H and O–H groups in total. The number of hydrogen-bond acceptors (Lipinski definition) is 14. The van der Waals surface area contributed by atoms with Crippen molar-refractivity contribution in [2.75, 3.05) is 13.1 Å². The van der Waals surface area contributed by atoms with Crippen molar-refractivity contribution < 1.29 is 49.3 Å². The van der Waals surface area contributed by atoms with Gasteiger partial charge in [0.15, 0.2) is 12.6 Å². The van der Waals surface area contributed by atoms with Gasteiger partial charge in [0.1, 0.15) is 30.5 Å². The highest BCUT2D eigenvalue weighted by Gasteiger charge is 2.50. The number of ether oxygens (including phenoxy) is 4. The molecule has 3 rings (SSSR count). The molecule has 1 saturated carbocycles. The molecule has 0 bridgehead atoms. The van der Waals surface area contributed by atoms with Gasteiger partial charge in [0.05, 0.1) is 30.4 Å². The lowest BCUT2D eigenvalue weighted by Gasteiger charge is -2.48. The largest absolute Gasteiger partial charge is 0.465 e. The van der Waals surface area contributed by atoms with Gasteiger partial charge in [0.2, 0.25) is 0 Å². The molecule has 2 aliphatic heterocycles. The van der Waals surface area contributed by atoms with Crippen LogP contribution >= 0.6 is 0 Å². The third-order valence-electron chi connectivity index (χ3n) is 6.69. The van der Waals surface area contributed by atoms with Crippen molar-refractivity contribution in [1.29, 1.82) is 0 Å². The van der Waals surface area contributed by atoms with Gasteiger partial charge in [-0.2, -0.15) is 0 Å². The number of carboxylic acid groups (broad SMARTS) is 1. The number of aliphatic hydroxyl groups excluding tert-OH is 4. The first-order valence-corrected chi connectivity index (χ1v) is 11.5. The van der Waals surface area contributed by atoms with Gasteiger partial charge >= 0.3 is 6.09 Å². The molecule has 14 unspecified atom stereocenters. The summed E-state index contributed by atoms with van der Waals surface area (Å²) >= 11 is 0. The molecule has 1 amide bonds. The molecule has 1 aliphatic carbocycles. The van der Waals surface area contributed by atoms with E-state index in [0.29, 0.717) is 0 Å². The Morgan fingerprint density at radius 3 is 1.97 bits per heavy atom. The van der Waals surface area contributed by atoms with Crippen molar-refractivity contribution in [3.63, 3.8) is 0 Å². The summed E-state index contributed by atoms with van der Waals surface area (Å²) in [4.78, 5) is 10.8. The van der Waals surface area contributed by atoms with Crippen LogP contribution in [0.25, 0.3) is 0 Å². The molecule has 14 atom stereocenters. The van der Waals surface area contributed by atoms with E-state index in [1.165, 1.54) is 0 Å². The van der Waals surface area contributed by atoms with Gasteiger partial charge in [0.25, 0.3) is 0 Å². The molecule has 16 nitrogen and oxygen atoms in total. The lowest BCUT2D eigenvalue weighted by molar-refractivity contribution is -0.311. The minimum atomic E-state index is -1.51. The van der Waals surface area contributed by atoms with E-state index in [0.717, 1.165) is 0 Å². The Labute approximate surface area is 201 Å². The molecule has 35 heavy (non-hydrogen) atoms. The number of rotatable bonds is 7. The van der Waals surface area contributed by atoms with E-state index in [2.05, 4.69) is 5.32 Å². The van der Waals surface area contributed by atoms with Gasteiger partial charge in [0, 0.05) is 25.2 Å². The zero-order valence-electron chi connectivity index (χ0n) is 19.1. The summed E-state index contributed by atoms with van der Waals surface area (Å²) in [6.45, 7) is -0.289. The Kier molecular flexibility index (Phi) is 9.60. The maximum Gasteiger partial charge on any atom is 0.404 e. The molecular weight excluding hydrogens is 472 g/mol. The first-order valence-electron chi connectivity index (χ1n) is 11.5. The Morgan fingerprint density at radius 1 is 0.829 bits per heavy atom. The molecular formula is C19H38N6O10. The predicted molar refractivity (Wildman–Crippen MR) is 117 cm³/mol. The van der Waals surface area contributed by atoms with Gasteiger partial charge in [-0.3, -0.25) is 0 Å². The number of hydrogen-bond donors (Lipinski definition) is 11. The number of nitrogens with two attached hydrogens (primary N) is 5. The van der Waals surface area contributed by atoms with Crippen molar-refractivity contribution in [3.05, 3.63) is 0 Å². The van der Waals surface area contributed by atoms with Crippen LogP contribution in [-0.4, -0.2) is 130 Å². The average Bonchev–Trinajstić information content (AvgIpc) is 2.79. The van der Waals surface area contributed by atoms with Crippen molar-refractivity contribution in [2.24, 2.45) is 28.7 Å². The Balaban J connectivity index is 1.70. The summed E-state index contributed by atoms with van der Waals surface area (Å²) in [6, 6.07) is -3.47. The number of nitrogens with one attached hydrogen (secondary N) is 1. The molecule has 0 aromatic heterocycles. The summed E-state index contributed by atoms with van der Waals surface area (Å²) in [5, 5.41) is 52.7. The maximum absolute atomic E-state index is 11.1. The van der Waals surface area contributed by atoms with E-state index >= 15 is 0 Å². The normalized spacial score (nSPS) is 48.9. The minimum absolute atomic E-state index is 0.0323. The molecule has 0 radical (unpaired) electrons. The smallest absolute Gasteiger partial charge is 0.404 e. The molecule has 0 spiro atoms. The van der Waals surface area contributed by atoms with E-state index in [4.69, 9.17) is 52.7 Å². The lowest BCUT2D eigenvalue weighted by Crippen LogP contribution is -2.68. The zero-order valence-corrected chi connectivity index (χ0v) is 19.1. The number of amides is 1. The Hall–Kier alpha value is -1.25. The van der Waals surface area contributed by atoms with Crippen LogP contribution in [0.4, 0.5) is 4.79 Å². The molecule has 16 heteroatoms. The SMILES string of the molecule is NCC1OC(OC2C(N)CC(N)C(OC3OC(CNC(=O)O)C(O)C(N)C3O)C2O)C(N)CC1O. The molecule has 204 valence electrons. The maximum atomic E-state index is 11.1. The third-order valence-corrected chi connectivity index (χ3v) is 6.69. The minimum Gasteiger partial charge on any atom is -0.465 e. The van der Waals surface area contributed by atoms with Crippen LogP contribution in [0.5, 0.6) is 0 Å². The lowest BCUT2D eigenvalue weighted by atomic mass is 9.84. The van der Waals surface area contributed by atoms with Gasteiger partial charge in [-0.1, -0.05) is 0 Å². The topological polar surface area (TPSA) is 297 Å². The fourth-order valence-electron chi connectivity index (χ4n) is 4.63. The molecule has 0 aromatic carbocycles. The first kappa shape index (κ1) is 28.3. The third kappa shape index (κ3) is 6.37. The van der Waals surface area contributed by atoms with E-state index < -0.39 is 91.7 Å². The van der Waals surface area contributed by atoms with Crippen LogP contribution in [-0.2, 0) is 18.9 Å². The molecule has 3 fully saturated rings. The predicted octanol–water partition coefficient (Wildman–Crippen LogP) is -6.02. The van der Waals surface area contributed by atoms with Gasteiger partial charge < -0.3 is 78.5 Å². The number of aliphatic hydroxyl groups is 4. The number of carbonyl (C=O) groups is 1. The molecule has 2 heterocycles. The van der Waals surface area contributed by atoms with Crippen molar-refractivity contribution in [3.8, 4) is 0 Å². The summed E-state index contributed by atoms with van der Waals surface area (Å²) in [5.41, 5.74) is 29.9. The van der Waals surface area contributed by atoms with Crippen LogP contribution < -0.4 is 34.0 Å². The van der Waals surface area contributed by atoms with Crippen LogP contribution in [0.15, 0.2) is 0 Å². The van der Waals surface area contributed by atoms with E-state index in [1.54, 1.807) is 0 Å². The van der Waals surface area contributed by atoms with Gasteiger partial charge in [-0.05, 0) is 12.8 Å². The molecule has 3 aliphatic rings. The second kappa shape index (κ2) is 11.9. The van der Waals surface area contributed by atoms with E-state index in [1.807, 2.05) is 0 Å². The van der Waals surface area contributed by atoms with E-state index in [-0.39, 0.29) is 25.9 Å². The highest BCUT2D eigenvalue weighted by molar-refractivity contribution is 5.64. The quantitative estimate of drug-likeness (QED) is 0.152. The fourth-order valence-corrected chi connectivity index (χ4v) is 4.63. The molecule has 0 aromatic rings. The summed E-state index contributed by atoms with van der Waals surface area (Å²) in [6.07, 6.45) is -12.7. The fraction of sp³-hybridized carbons (Fsp3) is 0.947. The molecule has 2 saturated heterocycles. The second-order valence-corrected chi connectivity index (χ2v) is 9.29. The van der Waals surface area contributed by atoms with Crippen molar-refractivity contribution in [1.82, 2.24) is 5.32 Å². The zero-order chi connectivity index (χ0) is 26.0. The van der Waals surface area contributed by atoms with Crippen molar-refractivity contribution in [2.45, 2.75) is 98.4 Å². The highest BCUT2D eigenvalue weighted by Crippen LogP contribution is 2.30. The average molecular weight is 511 g/mol. The Morgan fingerprint density at radius 2 is 1.40 bits per heavy atom. The standard InChI is InChI=1S/C19H38N6O10/c20-3-9-8(26)2-7(23)17(32-9)34-15-5(21)1-6(22)16(14(15)29)35-18-13(28)11(24)12(27)10(33-18)4-25-19(30)31/h5-18,25-29H,1-4,20-24H2,(H,30,31). The van der Waals surface area contributed by atoms with Crippen LogP contribution in [0.1, 0.15) is 12.8 Å².